The SMILES string of the molecule is CC1CN(C(=O)OC(C)(C)C)CC(C(=O)O)[C@H]1c1cccc(-c2ccccc2)c1. The number of carbonyl (C=O) groups excluding carboxylic acids is 1. The molecule has 2 aromatic carbocycles. The summed E-state index contributed by atoms with van der Waals surface area (Å²) in [6.45, 7) is 8.06. The summed E-state index contributed by atoms with van der Waals surface area (Å²) in [6.07, 6.45) is -0.452. The van der Waals surface area contributed by atoms with Crippen LogP contribution >= 0.6 is 0 Å². The van der Waals surface area contributed by atoms with E-state index < -0.39 is 23.6 Å². The van der Waals surface area contributed by atoms with E-state index in [2.05, 4.69) is 6.07 Å². The number of amides is 1. The molecule has 0 saturated carbocycles. The smallest absolute Gasteiger partial charge is 0.410 e. The molecule has 0 bridgehead atoms. The van der Waals surface area contributed by atoms with Gasteiger partial charge >= 0.3 is 12.1 Å². The van der Waals surface area contributed by atoms with Crippen LogP contribution in [0.5, 0.6) is 0 Å². The van der Waals surface area contributed by atoms with Crippen LogP contribution in [-0.4, -0.2) is 40.8 Å². The van der Waals surface area contributed by atoms with Gasteiger partial charge in [0.05, 0.1) is 5.92 Å². The van der Waals surface area contributed by atoms with Crippen LogP contribution in [-0.2, 0) is 9.53 Å². The second kappa shape index (κ2) is 8.27. The quantitative estimate of drug-likeness (QED) is 0.792. The first-order valence-corrected chi connectivity index (χ1v) is 10.0. The van der Waals surface area contributed by atoms with Gasteiger partial charge in [0.2, 0.25) is 0 Å². The number of piperidine rings is 1. The zero-order chi connectivity index (χ0) is 21.2. The molecule has 1 heterocycles. The van der Waals surface area contributed by atoms with Crippen LogP contribution in [0.15, 0.2) is 54.6 Å². The zero-order valence-electron chi connectivity index (χ0n) is 17.5. The Labute approximate surface area is 172 Å². The Bertz CT molecular complexity index is 872. The van der Waals surface area contributed by atoms with Crippen LogP contribution in [0.3, 0.4) is 0 Å². The number of carbonyl (C=O) groups is 2. The molecule has 3 atom stereocenters. The number of hydrogen-bond donors (Lipinski definition) is 1. The molecular formula is C24H29NO4. The van der Waals surface area contributed by atoms with Crippen molar-refractivity contribution < 1.29 is 19.4 Å². The minimum Gasteiger partial charge on any atom is -0.481 e. The van der Waals surface area contributed by atoms with Crippen LogP contribution in [0.1, 0.15) is 39.2 Å². The van der Waals surface area contributed by atoms with Crippen LogP contribution in [0.4, 0.5) is 4.79 Å². The molecule has 1 saturated heterocycles. The highest BCUT2D eigenvalue weighted by molar-refractivity contribution is 5.75. The minimum absolute atomic E-state index is 0.0107. The molecule has 5 heteroatoms. The summed E-state index contributed by atoms with van der Waals surface area (Å²) in [7, 11) is 0. The maximum atomic E-state index is 12.5. The number of hydrogen-bond acceptors (Lipinski definition) is 3. The van der Waals surface area contributed by atoms with Gasteiger partial charge in [0, 0.05) is 19.0 Å². The maximum Gasteiger partial charge on any atom is 0.410 e. The first-order valence-electron chi connectivity index (χ1n) is 10.0. The predicted octanol–water partition coefficient (Wildman–Crippen LogP) is 5.02. The van der Waals surface area contributed by atoms with Gasteiger partial charge in [-0.1, -0.05) is 61.5 Å². The summed E-state index contributed by atoms with van der Waals surface area (Å²) >= 11 is 0. The van der Waals surface area contributed by atoms with Crippen molar-refractivity contribution in [2.24, 2.45) is 11.8 Å². The molecule has 1 aliphatic rings. The molecule has 5 nitrogen and oxygen atoms in total. The minimum atomic E-state index is -0.889. The molecule has 1 fully saturated rings. The molecule has 2 aromatic rings. The number of carboxylic acid groups (broad SMARTS) is 1. The molecular weight excluding hydrogens is 366 g/mol. The summed E-state index contributed by atoms with van der Waals surface area (Å²) in [4.78, 5) is 26.2. The van der Waals surface area contributed by atoms with E-state index in [4.69, 9.17) is 4.74 Å². The normalized spacial score (nSPS) is 22.2. The third-order valence-corrected chi connectivity index (χ3v) is 5.32. The Morgan fingerprint density at radius 2 is 1.66 bits per heavy atom. The third kappa shape index (κ3) is 4.97. The second-order valence-electron chi connectivity index (χ2n) is 8.82. The van der Waals surface area contributed by atoms with Gasteiger partial charge in [-0.25, -0.2) is 4.79 Å². The molecule has 154 valence electrons. The largest absolute Gasteiger partial charge is 0.481 e. The lowest BCUT2D eigenvalue weighted by molar-refractivity contribution is -0.145. The standard InChI is InChI=1S/C24H29NO4/c1-16-14-25(23(28)29-24(2,3)4)15-20(22(26)27)21(16)19-12-8-11-18(13-19)17-9-6-5-7-10-17/h5-13,16,20-21H,14-15H2,1-4H3,(H,26,27)/t16?,20?,21-/m1/s1. The fraction of sp³-hybridized carbons (Fsp3) is 0.417. The molecule has 0 radical (unpaired) electrons. The molecule has 0 aliphatic carbocycles. The Hall–Kier alpha value is -2.82. The Morgan fingerprint density at radius 1 is 1.00 bits per heavy atom. The monoisotopic (exact) mass is 395 g/mol. The zero-order valence-corrected chi connectivity index (χ0v) is 17.5. The number of nitrogens with zero attached hydrogens (tertiary/aromatic N) is 1. The van der Waals surface area contributed by atoms with E-state index in [9.17, 15) is 14.7 Å². The van der Waals surface area contributed by atoms with Crippen molar-refractivity contribution in [1.82, 2.24) is 4.90 Å². The lowest BCUT2D eigenvalue weighted by Crippen LogP contribution is -2.50. The lowest BCUT2D eigenvalue weighted by Gasteiger charge is -2.41. The average Bonchev–Trinajstić information content (AvgIpc) is 2.66. The highest BCUT2D eigenvalue weighted by Gasteiger charge is 2.42. The van der Waals surface area contributed by atoms with Gasteiger partial charge in [-0.2, -0.15) is 0 Å². The summed E-state index contributed by atoms with van der Waals surface area (Å²) in [5.74, 6) is -1.75. The van der Waals surface area contributed by atoms with Crippen LogP contribution in [0, 0.1) is 11.8 Å². The van der Waals surface area contributed by atoms with E-state index in [0.717, 1.165) is 16.7 Å². The Morgan fingerprint density at radius 3 is 2.28 bits per heavy atom. The van der Waals surface area contributed by atoms with Crippen molar-refractivity contribution >= 4 is 12.1 Å². The molecule has 1 N–H and O–H groups in total. The summed E-state index contributed by atoms with van der Waals surface area (Å²) in [5, 5.41) is 9.93. The fourth-order valence-electron chi connectivity index (χ4n) is 4.11. The highest BCUT2D eigenvalue weighted by Crippen LogP contribution is 2.39. The van der Waals surface area contributed by atoms with Gasteiger partial charge < -0.3 is 14.7 Å². The van der Waals surface area contributed by atoms with Crippen molar-refractivity contribution in [3.05, 3.63) is 60.2 Å². The van der Waals surface area contributed by atoms with Gasteiger partial charge in [-0.3, -0.25) is 4.79 Å². The third-order valence-electron chi connectivity index (χ3n) is 5.32. The number of benzene rings is 2. The van der Waals surface area contributed by atoms with Crippen LogP contribution < -0.4 is 0 Å². The van der Waals surface area contributed by atoms with E-state index in [1.165, 1.54) is 4.90 Å². The molecule has 1 aliphatic heterocycles. The first kappa shape index (κ1) is 20.9. The van der Waals surface area contributed by atoms with Gasteiger partial charge in [0.25, 0.3) is 0 Å². The average molecular weight is 395 g/mol. The number of likely N-dealkylation sites (tertiary alicyclic amines) is 1. The van der Waals surface area contributed by atoms with Crippen LogP contribution in [0.2, 0.25) is 0 Å². The van der Waals surface area contributed by atoms with Gasteiger partial charge in [0.1, 0.15) is 5.60 Å². The van der Waals surface area contributed by atoms with E-state index >= 15 is 0 Å². The highest BCUT2D eigenvalue weighted by atomic mass is 16.6. The molecule has 1 amide bonds. The molecule has 0 aromatic heterocycles. The van der Waals surface area contributed by atoms with Gasteiger partial charge in [0.15, 0.2) is 0 Å². The van der Waals surface area contributed by atoms with Gasteiger partial charge in [-0.15, -0.1) is 0 Å². The number of aliphatic carboxylic acids is 1. The molecule has 3 rings (SSSR count). The lowest BCUT2D eigenvalue weighted by atomic mass is 9.74. The Balaban J connectivity index is 1.88. The van der Waals surface area contributed by atoms with E-state index in [-0.39, 0.29) is 18.4 Å². The van der Waals surface area contributed by atoms with Crippen molar-refractivity contribution in [3.63, 3.8) is 0 Å². The Kier molecular flexibility index (Phi) is 5.96. The number of carboxylic acids is 1. The topological polar surface area (TPSA) is 66.8 Å². The predicted molar refractivity (Wildman–Crippen MR) is 113 cm³/mol. The molecule has 0 spiro atoms. The van der Waals surface area contributed by atoms with E-state index in [0.29, 0.717) is 6.54 Å². The van der Waals surface area contributed by atoms with Crippen molar-refractivity contribution in [3.8, 4) is 11.1 Å². The van der Waals surface area contributed by atoms with E-state index in [1.807, 2.05) is 76.2 Å². The summed E-state index contributed by atoms with van der Waals surface area (Å²) < 4.78 is 5.47. The summed E-state index contributed by atoms with van der Waals surface area (Å²) in [5.41, 5.74) is 2.55. The summed E-state index contributed by atoms with van der Waals surface area (Å²) in [6, 6.07) is 18.1. The maximum absolute atomic E-state index is 12.5. The fourth-order valence-corrected chi connectivity index (χ4v) is 4.11. The van der Waals surface area contributed by atoms with Crippen molar-refractivity contribution in [2.45, 2.75) is 39.2 Å². The van der Waals surface area contributed by atoms with Gasteiger partial charge in [-0.05, 0) is 43.4 Å². The number of rotatable bonds is 3. The number of ether oxygens (including phenoxy) is 1. The second-order valence-corrected chi connectivity index (χ2v) is 8.82. The first-order chi connectivity index (χ1) is 13.7. The van der Waals surface area contributed by atoms with Crippen molar-refractivity contribution in [2.75, 3.05) is 13.1 Å². The molecule has 29 heavy (non-hydrogen) atoms. The van der Waals surface area contributed by atoms with Crippen molar-refractivity contribution in [1.29, 1.82) is 0 Å². The van der Waals surface area contributed by atoms with E-state index in [1.54, 1.807) is 0 Å². The molecule has 2 unspecified atom stereocenters. The van der Waals surface area contributed by atoms with Crippen LogP contribution in [0.25, 0.3) is 11.1 Å².